The fourth-order valence-corrected chi connectivity index (χ4v) is 1.77. The van der Waals surface area contributed by atoms with Gasteiger partial charge in [-0.1, -0.05) is 17.7 Å². The number of nitrogens with one attached hydrogen (secondary N) is 1. The molecule has 3 nitrogen and oxygen atoms in total. The highest BCUT2D eigenvalue weighted by atomic mass is 35.5. The lowest BCUT2D eigenvalue weighted by atomic mass is 10.2. The number of anilines is 1. The smallest absolute Gasteiger partial charge is 0.262 e. The molecular formula is C15H12ClF2NO2. The van der Waals surface area contributed by atoms with Gasteiger partial charge in [0.05, 0.1) is 0 Å². The van der Waals surface area contributed by atoms with Crippen LogP contribution in [0.4, 0.5) is 14.5 Å². The SMILES string of the molecule is Cc1cc(OCC(=O)Nc2c(F)cccc2F)ccc1Cl. The van der Waals surface area contributed by atoms with E-state index in [1.54, 1.807) is 25.1 Å². The van der Waals surface area contributed by atoms with Crippen LogP contribution < -0.4 is 10.1 Å². The molecule has 21 heavy (non-hydrogen) atoms. The summed E-state index contributed by atoms with van der Waals surface area (Å²) in [6.45, 7) is 1.43. The Morgan fingerprint density at radius 1 is 1.24 bits per heavy atom. The molecule has 0 aliphatic rings. The van der Waals surface area contributed by atoms with E-state index in [4.69, 9.17) is 16.3 Å². The zero-order valence-corrected chi connectivity index (χ0v) is 11.9. The molecule has 0 heterocycles. The number of benzene rings is 2. The Bertz CT molecular complexity index is 656. The van der Waals surface area contributed by atoms with Crippen molar-refractivity contribution in [3.63, 3.8) is 0 Å². The number of ether oxygens (including phenoxy) is 1. The number of amides is 1. The quantitative estimate of drug-likeness (QED) is 0.928. The lowest BCUT2D eigenvalue weighted by molar-refractivity contribution is -0.118. The molecule has 0 aliphatic carbocycles. The van der Waals surface area contributed by atoms with E-state index in [2.05, 4.69) is 5.32 Å². The molecule has 0 atom stereocenters. The second kappa shape index (κ2) is 6.54. The van der Waals surface area contributed by atoms with Crippen molar-refractivity contribution in [1.29, 1.82) is 0 Å². The van der Waals surface area contributed by atoms with Crippen LogP contribution in [-0.2, 0) is 4.79 Å². The molecule has 6 heteroatoms. The van der Waals surface area contributed by atoms with E-state index in [1.165, 1.54) is 6.07 Å². The van der Waals surface area contributed by atoms with Crippen LogP contribution in [-0.4, -0.2) is 12.5 Å². The Hall–Kier alpha value is -2.14. The Balaban J connectivity index is 1.97. The summed E-state index contributed by atoms with van der Waals surface area (Å²) in [5.41, 5.74) is 0.313. The van der Waals surface area contributed by atoms with Crippen LogP contribution in [0.15, 0.2) is 36.4 Å². The van der Waals surface area contributed by atoms with Crippen LogP contribution in [0.3, 0.4) is 0 Å². The van der Waals surface area contributed by atoms with Crippen LogP contribution in [0, 0.1) is 18.6 Å². The summed E-state index contributed by atoms with van der Waals surface area (Å²) in [6, 6.07) is 8.24. The number of para-hydroxylation sites is 1. The molecule has 0 saturated heterocycles. The van der Waals surface area contributed by atoms with Gasteiger partial charge in [0.2, 0.25) is 0 Å². The molecule has 0 fully saturated rings. The number of hydrogen-bond donors (Lipinski definition) is 1. The van der Waals surface area contributed by atoms with Gasteiger partial charge in [-0.25, -0.2) is 8.78 Å². The van der Waals surface area contributed by atoms with Crippen molar-refractivity contribution in [3.05, 3.63) is 58.6 Å². The predicted octanol–water partition coefficient (Wildman–Crippen LogP) is 3.94. The molecular weight excluding hydrogens is 300 g/mol. The summed E-state index contributed by atoms with van der Waals surface area (Å²) in [4.78, 5) is 11.6. The zero-order valence-electron chi connectivity index (χ0n) is 11.1. The largest absolute Gasteiger partial charge is 0.484 e. The van der Waals surface area contributed by atoms with Crippen LogP contribution in [0.5, 0.6) is 5.75 Å². The van der Waals surface area contributed by atoms with Crippen molar-refractivity contribution in [2.45, 2.75) is 6.92 Å². The molecule has 1 N–H and O–H groups in total. The molecule has 2 rings (SSSR count). The summed E-state index contributed by atoms with van der Waals surface area (Å²) in [6.07, 6.45) is 0. The Morgan fingerprint density at radius 3 is 2.52 bits per heavy atom. The third-order valence-electron chi connectivity index (χ3n) is 2.73. The molecule has 0 radical (unpaired) electrons. The maximum atomic E-state index is 13.4. The minimum absolute atomic E-state index is 0.366. The van der Waals surface area contributed by atoms with Gasteiger partial charge < -0.3 is 10.1 Å². The van der Waals surface area contributed by atoms with E-state index in [9.17, 15) is 13.6 Å². The number of carbonyl (C=O) groups excluding carboxylic acids is 1. The first kappa shape index (κ1) is 15.3. The molecule has 1 amide bonds. The highest BCUT2D eigenvalue weighted by Gasteiger charge is 2.12. The van der Waals surface area contributed by atoms with Gasteiger partial charge in [0.1, 0.15) is 23.1 Å². The molecule has 0 unspecified atom stereocenters. The molecule has 0 bridgehead atoms. The Morgan fingerprint density at radius 2 is 1.90 bits per heavy atom. The highest BCUT2D eigenvalue weighted by Crippen LogP contribution is 2.21. The Kier molecular flexibility index (Phi) is 4.75. The lowest BCUT2D eigenvalue weighted by Gasteiger charge is -2.09. The van der Waals surface area contributed by atoms with Gasteiger partial charge in [-0.15, -0.1) is 0 Å². The van der Waals surface area contributed by atoms with E-state index in [1.807, 2.05) is 0 Å². The normalized spacial score (nSPS) is 10.3. The summed E-state index contributed by atoms with van der Waals surface area (Å²) < 4.78 is 32.0. The highest BCUT2D eigenvalue weighted by molar-refractivity contribution is 6.31. The van der Waals surface area contributed by atoms with Crippen molar-refractivity contribution in [2.75, 3.05) is 11.9 Å². The monoisotopic (exact) mass is 311 g/mol. The van der Waals surface area contributed by atoms with Gasteiger partial charge in [0.25, 0.3) is 5.91 Å². The zero-order chi connectivity index (χ0) is 15.4. The van der Waals surface area contributed by atoms with Gasteiger partial charge in [-0.05, 0) is 42.8 Å². The summed E-state index contributed by atoms with van der Waals surface area (Å²) in [5, 5.41) is 2.72. The molecule has 0 saturated carbocycles. The van der Waals surface area contributed by atoms with Crippen LogP contribution in [0.2, 0.25) is 5.02 Å². The number of rotatable bonds is 4. The second-order valence-electron chi connectivity index (χ2n) is 4.34. The maximum absolute atomic E-state index is 13.4. The third kappa shape index (κ3) is 3.92. The average Bonchev–Trinajstić information content (AvgIpc) is 2.44. The Labute approximate surface area is 125 Å². The molecule has 0 aromatic heterocycles. The van der Waals surface area contributed by atoms with Crippen molar-refractivity contribution in [2.24, 2.45) is 0 Å². The fourth-order valence-electron chi connectivity index (χ4n) is 1.65. The van der Waals surface area contributed by atoms with Crippen molar-refractivity contribution in [1.82, 2.24) is 0 Å². The van der Waals surface area contributed by atoms with Crippen molar-refractivity contribution in [3.8, 4) is 5.75 Å². The average molecular weight is 312 g/mol. The lowest BCUT2D eigenvalue weighted by Crippen LogP contribution is -2.21. The molecule has 2 aromatic rings. The summed E-state index contributed by atoms with van der Waals surface area (Å²) in [7, 11) is 0. The van der Waals surface area contributed by atoms with Gasteiger partial charge >= 0.3 is 0 Å². The van der Waals surface area contributed by atoms with E-state index in [0.29, 0.717) is 10.8 Å². The third-order valence-corrected chi connectivity index (χ3v) is 3.15. The number of halogens is 3. The van der Waals surface area contributed by atoms with E-state index < -0.39 is 23.2 Å². The molecule has 110 valence electrons. The van der Waals surface area contributed by atoms with Gasteiger partial charge in [0, 0.05) is 5.02 Å². The maximum Gasteiger partial charge on any atom is 0.262 e. The van der Waals surface area contributed by atoms with Crippen molar-refractivity contribution >= 4 is 23.2 Å². The van der Waals surface area contributed by atoms with E-state index in [0.717, 1.165) is 17.7 Å². The van der Waals surface area contributed by atoms with Gasteiger partial charge in [-0.2, -0.15) is 0 Å². The topological polar surface area (TPSA) is 38.3 Å². The number of aryl methyl sites for hydroxylation is 1. The molecule has 0 spiro atoms. The fraction of sp³-hybridized carbons (Fsp3) is 0.133. The standard InChI is InChI=1S/C15H12ClF2NO2/c1-9-7-10(5-6-11(9)16)21-8-14(20)19-15-12(17)3-2-4-13(15)18/h2-7H,8H2,1H3,(H,19,20). The molecule has 0 aliphatic heterocycles. The minimum atomic E-state index is -0.842. The van der Waals surface area contributed by atoms with Gasteiger partial charge in [-0.3, -0.25) is 4.79 Å². The second-order valence-corrected chi connectivity index (χ2v) is 4.75. The van der Waals surface area contributed by atoms with E-state index in [-0.39, 0.29) is 6.61 Å². The first-order valence-electron chi connectivity index (χ1n) is 6.10. The summed E-state index contributed by atoms with van der Waals surface area (Å²) in [5.74, 6) is -1.90. The van der Waals surface area contributed by atoms with Gasteiger partial charge in [0.15, 0.2) is 6.61 Å². The van der Waals surface area contributed by atoms with Crippen LogP contribution >= 0.6 is 11.6 Å². The number of carbonyl (C=O) groups is 1. The predicted molar refractivity (Wildman–Crippen MR) is 76.7 cm³/mol. The molecule has 2 aromatic carbocycles. The first-order chi connectivity index (χ1) is 9.97. The van der Waals surface area contributed by atoms with Crippen LogP contribution in [0.25, 0.3) is 0 Å². The van der Waals surface area contributed by atoms with E-state index >= 15 is 0 Å². The van der Waals surface area contributed by atoms with Crippen molar-refractivity contribution < 1.29 is 18.3 Å². The number of hydrogen-bond acceptors (Lipinski definition) is 2. The first-order valence-corrected chi connectivity index (χ1v) is 6.48. The minimum Gasteiger partial charge on any atom is -0.484 e. The summed E-state index contributed by atoms with van der Waals surface area (Å²) >= 11 is 5.87. The van der Waals surface area contributed by atoms with Crippen LogP contribution in [0.1, 0.15) is 5.56 Å².